The molecular weight excluding hydrogens is 344 g/mol. The summed E-state index contributed by atoms with van der Waals surface area (Å²) < 4.78 is 33.8. The molecule has 3 N–H and O–H groups in total. The van der Waals surface area contributed by atoms with Gasteiger partial charge in [0.2, 0.25) is 10.0 Å². The van der Waals surface area contributed by atoms with E-state index in [0.717, 1.165) is 30.6 Å². The topological polar surface area (TPSA) is 106 Å². The zero-order valence-electron chi connectivity index (χ0n) is 13.8. The van der Waals surface area contributed by atoms with Crippen molar-refractivity contribution in [3.63, 3.8) is 0 Å². The van der Waals surface area contributed by atoms with Gasteiger partial charge in [-0.2, -0.15) is 0 Å². The smallest absolute Gasteiger partial charge is 0.238 e. The molecular formula is C17H22N2O5S. The van der Waals surface area contributed by atoms with Crippen LogP contribution in [0.3, 0.4) is 0 Å². The molecule has 0 bridgehead atoms. The van der Waals surface area contributed by atoms with Crippen molar-refractivity contribution in [1.82, 2.24) is 0 Å². The monoisotopic (exact) mass is 366 g/mol. The Balaban J connectivity index is 1.63. The largest absolute Gasteiger partial charge is 0.467 e. The summed E-state index contributed by atoms with van der Waals surface area (Å²) in [7, 11) is -3.75. The Morgan fingerprint density at radius 2 is 2.20 bits per heavy atom. The van der Waals surface area contributed by atoms with Crippen molar-refractivity contribution in [2.75, 3.05) is 24.6 Å². The summed E-state index contributed by atoms with van der Waals surface area (Å²) in [5, 5.41) is 15.5. The van der Waals surface area contributed by atoms with Crippen LogP contribution in [0.4, 0.5) is 5.69 Å². The number of furan rings is 1. The molecule has 8 heteroatoms. The second-order valence-electron chi connectivity index (χ2n) is 6.13. The molecule has 1 unspecified atom stereocenters. The van der Waals surface area contributed by atoms with E-state index in [-0.39, 0.29) is 11.5 Å². The molecule has 0 saturated heterocycles. The summed E-state index contributed by atoms with van der Waals surface area (Å²) in [6, 6.07) is 8.49. The minimum atomic E-state index is -3.75. The van der Waals surface area contributed by atoms with E-state index in [9.17, 15) is 13.5 Å². The average Bonchev–Trinajstić information content (AvgIpc) is 3.07. The molecule has 1 atom stereocenters. The maximum absolute atomic E-state index is 11.6. The highest BCUT2D eigenvalue weighted by molar-refractivity contribution is 7.89. The van der Waals surface area contributed by atoms with Crippen LogP contribution in [0.15, 0.2) is 45.9 Å². The lowest BCUT2D eigenvalue weighted by atomic mass is 10.0. The highest BCUT2D eigenvalue weighted by Gasteiger charge is 2.22. The van der Waals surface area contributed by atoms with Gasteiger partial charge in [-0.3, -0.25) is 0 Å². The normalized spacial score (nSPS) is 15.8. The van der Waals surface area contributed by atoms with Gasteiger partial charge in [0, 0.05) is 18.8 Å². The third-order valence-electron chi connectivity index (χ3n) is 4.17. The van der Waals surface area contributed by atoms with E-state index in [4.69, 9.17) is 14.3 Å². The number of fused-ring (bicyclic) bond motifs is 1. The maximum Gasteiger partial charge on any atom is 0.238 e. The lowest BCUT2D eigenvalue weighted by molar-refractivity contribution is 0.0254. The van der Waals surface area contributed by atoms with Crippen LogP contribution in [0, 0.1) is 0 Å². The number of aliphatic hydroxyl groups excluding tert-OH is 1. The number of anilines is 1. The Kier molecular flexibility index (Phi) is 5.43. The summed E-state index contributed by atoms with van der Waals surface area (Å²) in [6.07, 6.45) is 2.70. The van der Waals surface area contributed by atoms with Crippen LogP contribution in [-0.4, -0.2) is 39.3 Å². The van der Waals surface area contributed by atoms with Gasteiger partial charge in [0.25, 0.3) is 0 Å². The fourth-order valence-electron chi connectivity index (χ4n) is 2.99. The third kappa shape index (κ3) is 4.60. The van der Waals surface area contributed by atoms with Gasteiger partial charge in [0.05, 0.1) is 23.9 Å². The van der Waals surface area contributed by atoms with Gasteiger partial charge in [-0.25, -0.2) is 13.6 Å². The van der Waals surface area contributed by atoms with Gasteiger partial charge < -0.3 is 19.2 Å². The molecule has 0 amide bonds. The SMILES string of the molecule is NS(=O)(=O)c1ccc2c(c1)N(CC(O)COCc1ccco1)CCC2. The molecule has 1 aromatic carbocycles. The van der Waals surface area contributed by atoms with Gasteiger partial charge in [-0.1, -0.05) is 6.07 Å². The van der Waals surface area contributed by atoms with Crippen molar-refractivity contribution < 1.29 is 22.7 Å². The number of hydrogen-bond donors (Lipinski definition) is 2. The molecule has 2 aromatic rings. The molecule has 2 heterocycles. The number of ether oxygens (including phenoxy) is 1. The third-order valence-corrected chi connectivity index (χ3v) is 5.08. The van der Waals surface area contributed by atoms with Crippen molar-refractivity contribution in [2.45, 2.75) is 30.4 Å². The first-order valence-corrected chi connectivity index (χ1v) is 9.67. The fraction of sp³-hybridized carbons (Fsp3) is 0.412. The lowest BCUT2D eigenvalue weighted by Gasteiger charge is -2.33. The number of sulfonamides is 1. The van der Waals surface area contributed by atoms with Gasteiger partial charge >= 0.3 is 0 Å². The summed E-state index contributed by atoms with van der Waals surface area (Å²) in [5.41, 5.74) is 1.87. The highest BCUT2D eigenvalue weighted by atomic mass is 32.2. The minimum absolute atomic E-state index is 0.0849. The molecule has 0 fully saturated rings. The first-order valence-electron chi connectivity index (χ1n) is 8.12. The molecule has 0 aliphatic carbocycles. The standard InChI is InChI=1S/C17H22N2O5S/c18-25(21,22)16-6-5-13-3-1-7-19(17(13)9-16)10-14(20)11-23-12-15-4-2-8-24-15/h2,4-6,8-9,14,20H,1,3,7,10-12H2,(H2,18,21,22). The van der Waals surface area contributed by atoms with Crippen molar-refractivity contribution in [3.05, 3.63) is 47.9 Å². The fourth-order valence-corrected chi connectivity index (χ4v) is 3.53. The van der Waals surface area contributed by atoms with E-state index in [1.54, 1.807) is 24.5 Å². The quantitative estimate of drug-likeness (QED) is 0.764. The molecule has 1 aliphatic rings. The summed E-state index contributed by atoms with van der Waals surface area (Å²) >= 11 is 0. The molecule has 1 aliphatic heterocycles. The number of β-amino-alcohol motifs (C(OH)–C–C–N with tert-alkyl or cyclic N) is 1. The number of rotatable bonds is 7. The predicted octanol–water partition coefficient (Wildman–Crippen LogP) is 1.26. The van der Waals surface area contributed by atoms with Gasteiger partial charge in [0.15, 0.2) is 0 Å². The Labute approximate surface area is 147 Å². The Morgan fingerprint density at radius 3 is 2.92 bits per heavy atom. The number of nitrogens with two attached hydrogens (primary N) is 1. The average molecular weight is 366 g/mol. The second-order valence-corrected chi connectivity index (χ2v) is 7.69. The molecule has 7 nitrogen and oxygen atoms in total. The highest BCUT2D eigenvalue weighted by Crippen LogP contribution is 2.29. The van der Waals surface area contributed by atoms with Gasteiger partial charge in [-0.05, 0) is 42.7 Å². The molecule has 1 aromatic heterocycles. The van der Waals surface area contributed by atoms with Gasteiger partial charge in [0.1, 0.15) is 12.4 Å². The van der Waals surface area contributed by atoms with E-state index in [1.807, 2.05) is 11.0 Å². The summed E-state index contributed by atoms with van der Waals surface area (Å²) in [4.78, 5) is 2.07. The molecule has 136 valence electrons. The van der Waals surface area contributed by atoms with Crippen molar-refractivity contribution in [2.24, 2.45) is 5.14 Å². The molecule has 0 radical (unpaired) electrons. The summed E-state index contributed by atoms with van der Waals surface area (Å²) in [5.74, 6) is 0.702. The number of primary sulfonamides is 1. The van der Waals surface area contributed by atoms with E-state index < -0.39 is 16.1 Å². The Hall–Kier alpha value is -1.87. The number of aliphatic hydroxyl groups is 1. The summed E-state index contributed by atoms with van der Waals surface area (Å²) in [6.45, 7) is 1.58. The van der Waals surface area contributed by atoms with E-state index in [1.165, 1.54) is 6.07 Å². The zero-order valence-corrected chi connectivity index (χ0v) is 14.6. The van der Waals surface area contributed by atoms with Crippen LogP contribution < -0.4 is 10.0 Å². The minimum Gasteiger partial charge on any atom is -0.467 e. The number of benzene rings is 1. The molecule has 25 heavy (non-hydrogen) atoms. The lowest BCUT2D eigenvalue weighted by Crippen LogP contribution is -2.38. The number of aryl methyl sites for hydroxylation is 1. The van der Waals surface area contributed by atoms with Crippen LogP contribution >= 0.6 is 0 Å². The Morgan fingerprint density at radius 1 is 1.36 bits per heavy atom. The van der Waals surface area contributed by atoms with Crippen LogP contribution in [0.1, 0.15) is 17.7 Å². The van der Waals surface area contributed by atoms with Gasteiger partial charge in [-0.15, -0.1) is 0 Å². The van der Waals surface area contributed by atoms with E-state index >= 15 is 0 Å². The predicted molar refractivity (Wildman–Crippen MR) is 92.7 cm³/mol. The van der Waals surface area contributed by atoms with Crippen LogP contribution in [0.25, 0.3) is 0 Å². The van der Waals surface area contributed by atoms with Crippen molar-refractivity contribution in [1.29, 1.82) is 0 Å². The second kappa shape index (κ2) is 7.57. The maximum atomic E-state index is 11.6. The first kappa shape index (κ1) is 17.9. The van der Waals surface area contributed by atoms with Crippen molar-refractivity contribution in [3.8, 4) is 0 Å². The number of hydrogen-bond acceptors (Lipinski definition) is 6. The Bertz CT molecular complexity index is 804. The van der Waals surface area contributed by atoms with Crippen LogP contribution in [0.5, 0.6) is 0 Å². The van der Waals surface area contributed by atoms with E-state index in [2.05, 4.69) is 0 Å². The molecule has 0 spiro atoms. The van der Waals surface area contributed by atoms with Crippen LogP contribution in [0.2, 0.25) is 0 Å². The molecule has 0 saturated carbocycles. The van der Waals surface area contributed by atoms with Crippen LogP contribution in [-0.2, 0) is 27.8 Å². The zero-order chi connectivity index (χ0) is 17.9. The van der Waals surface area contributed by atoms with E-state index in [0.29, 0.717) is 18.9 Å². The van der Waals surface area contributed by atoms with Crippen molar-refractivity contribution >= 4 is 15.7 Å². The molecule has 3 rings (SSSR count). The number of nitrogens with zero attached hydrogens (tertiary/aromatic N) is 1. The first-order chi connectivity index (χ1) is 11.9.